The molecule has 0 aliphatic carbocycles. The van der Waals surface area contributed by atoms with Gasteiger partial charge in [-0.3, -0.25) is 0 Å². The van der Waals surface area contributed by atoms with Crippen molar-refractivity contribution in [2.75, 3.05) is 0 Å². The fourth-order valence-electron chi connectivity index (χ4n) is 0. The quantitative estimate of drug-likeness (QED) is 0.443. The van der Waals surface area contributed by atoms with Crippen molar-refractivity contribution in [2.24, 2.45) is 0 Å². The van der Waals surface area contributed by atoms with Gasteiger partial charge in [-0.2, -0.15) is 0 Å². The molecule has 0 aromatic carbocycles. The third-order valence-electron chi connectivity index (χ3n) is 0.398. The Balaban J connectivity index is 2.54. The predicted octanol–water partition coefficient (Wildman–Crippen LogP) is 1.57. The van der Waals surface area contributed by atoms with Gasteiger partial charge in [0.2, 0.25) is 0 Å². The molecule has 0 unspecified atom stereocenters. The predicted molar refractivity (Wildman–Crippen MR) is 20.5 cm³/mol. The summed E-state index contributed by atoms with van der Waals surface area (Å²) in [6.07, 6.45) is -0.338. The zero-order valence-electron chi connectivity index (χ0n) is 3.37. The van der Waals surface area contributed by atoms with Crippen LogP contribution in [-0.4, -0.2) is 6.17 Å². The summed E-state index contributed by atoms with van der Waals surface area (Å²) >= 11 is 0. The lowest BCUT2D eigenvalue weighted by Crippen LogP contribution is -1.84. The van der Waals surface area contributed by atoms with E-state index in [1.165, 1.54) is 6.92 Å². The van der Waals surface area contributed by atoms with Crippen LogP contribution in [0.3, 0.4) is 0 Å². The standard InChI is InChI=1S/C4H8F/c1-3-4(2)5/h4H,1,3H2,2H3/t4-/m0/s1. The highest BCUT2D eigenvalue weighted by atomic mass is 19.1. The van der Waals surface area contributed by atoms with Crippen molar-refractivity contribution in [1.82, 2.24) is 0 Å². The van der Waals surface area contributed by atoms with Crippen LogP contribution < -0.4 is 0 Å². The SMILES string of the molecule is [CH2]C[C@H](C)F. The summed E-state index contributed by atoms with van der Waals surface area (Å²) in [5, 5.41) is 0. The van der Waals surface area contributed by atoms with Gasteiger partial charge in [0.15, 0.2) is 0 Å². The van der Waals surface area contributed by atoms with Crippen LogP contribution >= 0.6 is 0 Å². The second-order valence-corrected chi connectivity index (χ2v) is 1.07. The number of hydrogen-bond donors (Lipinski definition) is 0. The van der Waals surface area contributed by atoms with E-state index in [1.807, 2.05) is 0 Å². The molecule has 0 nitrogen and oxygen atoms in total. The first-order valence-corrected chi connectivity index (χ1v) is 1.70. The highest BCUT2D eigenvalue weighted by molar-refractivity contribution is 4.45. The Morgan fingerprint density at radius 3 is 2.20 bits per heavy atom. The maximum atomic E-state index is 11.4. The molecule has 0 bridgehead atoms. The van der Waals surface area contributed by atoms with Gasteiger partial charge in [0.1, 0.15) is 0 Å². The van der Waals surface area contributed by atoms with Crippen LogP contribution in [0.25, 0.3) is 0 Å². The summed E-state index contributed by atoms with van der Waals surface area (Å²) in [6.45, 7) is 4.80. The molecule has 0 aliphatic heterocycles. The van der Waals surface area contributed by atoms with E-state index < -0.39 is 6.17 Å². The maximum Gasteiger partial charge on any atom is 0.0973 e. The van der Waals surface area contributed by atoms with Crippen molar-refractivity contribution in [2.45, 2.75) is 19.5 Å². The number of alkyl halides is 1. The molecule has 0 aliphatic rings. The second kappa shape index (κ2) is 2.18. The fraction of sp³-hybridized carbons (Fsp3) is 0.750. The molecule has 0 fully saturated rings. The van der Waals surface area contributed by atoms with E-state index in [1.54, 1.807) is 0 Å². The Morgan fingerprint density at radius 2 is 2.20 bits per heavy atom. The normalized spacial score (nSPS) is 15.0. The van der Waals surface area contributed by atoms with Crippen molar-refractivity contribution < 1.29 is 4.39 Å². The Morgan fingerprint density at radius 1 is 2.00 bits per heavy atom. The van der Waals surface area contributed by atoms with E-state index in [0.29, 0.717) is 6.42 Å². The molecule has 0 aromatic heterocycles. The van der Waals surface area contributed by atoms with Crippen LogP contribution in [0.15, 0.2) is 0 Å². The van der Waals surface area contributed by atoms with Gasteiger partial charge in [-0.05, 0) is 13.3 Å². The van der Waals surface area contributed by atoms with Crippen LogP contribution in [0.5, 0.6) is 0 Å². The Bertz CT molecular complexity index is 17.6. The molecule has 0 aromatic rings. The van der Waals surface area contributed by atoms with E-state index in [-0.39, 0.29) is 0 Å². The molecule has 0 saturated carbocycles. The Hall–Kier alpha value is -0.0700. The van der Waals surface area contributed by atoms with Crippen molar-refractivity contribution in [3.05, 3.63) is 6.92 Å². The first-order valence-electron chi connectivity index (χ1n) is 1.70. The smallest absolute Gasteiger partial charge is 0.0973 e. The minimum Gasteiger partial charge on any atom is -0.248 e. The molecule has 31 valence electrons. The molecule has 5 heavy (non-hydrogen) atoms. The Labute approximate surface area is 32.0 Å². The van der Waals surface area contributed by atoms with Crippen LogP contribution in [0.4, 0.5) is 4.39 Å². The van der Waals surface area contributed by atoms with Gasteiger partial charge in [-0.1, -0.05) is 6.92 Å². The summed E-state index contributed by atoms with van der Waals surface area (Å²) < 4.78 is 11.4. The van der Waals surface area contributed by atoms with Gasteiger partial charge < -0.3 is 0 Å². The molecule has 0 heterocycles. The highest BCUT2D eigenvalue weighted by Gasteiger charge is 1.85. The van der Waals surface area contributed by atoms with E-state index >= 15 is 0 Å². The molecular weight excluding hydrogens is 67.0 g/mol. The van der Waals surface area contributed by atoms with Crippen LogP contribution in [0.1, 0.15) is 13.3 Å². The zero-order valence-corrected chi connectivity index (χ0v) is 3.37. The molecule has 1 radical (unpaired) electrons. The fourth-order valence-corrected chi connectivity index (χ4v) is 0. The number of halogens is 1. The van der Waals surface area contributed by atoms with Crippen molar-refractivity contribution in [3.63, 3.8) is 0 Å². The molecule has 1 heteroatoms. The van der Waals surface area contributed by atoms with Crippen LogP contribution in [0, 0.1) is 6.92 Å². The molecule has 0 saturated heterocycles. The second-order valence-electron chi connectivity index (χ2n) is 1.07. The molecule has 1 atom stereocenters. The molecule has 0 rings (SSSR count). The van der Waals surface area contributed by atoms with Crippen LogP contribution in [0.2, 0.25) is 0 Å². The lowest BCUT2D eigenvalue weighted by molar-refractivity contribution is 0.364. The van der Waals surface area contributed by atoms with Crippen molar-refractivity contribution in [3.8, 4) is 0 Å². The average molecular weight is 75.1 g/mol. The lowest BCUT2D eigenvalue weighted by atomic mass is 10.4. The molecular formula is C4H8F. The molecule has 0 amide bonds. The van der Waals surface area contributed by atoms with Crippen molar-refractivity contribution >= 4 is 0 Å². The monoisotopic (exact) mass is 75.1 g/mol. The summed E-state index contributed by atoms with van der Waals surface area (Å²) in [5.41, 5.74) is 0. The van der Waals surface area contributed by atoms with Gasteiger partial charge in [0.25, 0.3) is 0 Å². The van der Waals surface area contributed by atoms with Gasteiger partial charge >= 0.3 is 0 Å². The number of hydrogen-bond acceptors (Lipinski definition) is 0. The van der Waals surface area contributed by atoms with E-state index in [4.69, 9.17) is 0 Å². The molecule has 0 N–H and O–H groups in total. The van der Waals surface area contributed by atoms with Gasteiger partial charge in [-0.15, -0.1) is 0 Å². The van der Waals surface area contributed by atoms with Crippen molar-refractivity contribution in [1.29, 1.82) is 0 Å². The minimum absolute atomic E-state index is 0.389. The number of rotatable bonds is 1. The van der Waals surface area contributed by atoms with Gasteiger partial charge in [0, 0.05) is 0 Å². The summed E-state index contributed by atoms with van der Waals surface area (Å²) in [4.78, 5) is 0. The first-order chi connectivity index (χ1) is 2.27. The van der Waals surface area contributed by atoms with E-state index in [2.05, 4.69) is 6.92 Å². The maximum absolute atomic E-state index is 11.4. The summed E-state index contributed by atoms with van der Waals surface area (Å²) in [5.74, 6) is 0. The van der Waals surface area contributed by atoms with Crippen LogP contribution in [-0.2, 0) is 0 Å². The highest BCUT2D eigenvalue weighted by Crippen LogP contribution is 1.89. The van der Waals surface area contributed by atoms with Gasteiger partial charge in [0.05, 0.1) is 6.17 Å². The van der Waals surface area contributed by atoms with E-state index in [0.717, 1.165) is 0 Å². The summed E-state index contributed by atoms with van der Waals surface area (Å²) in [6, 6.07) is 0. The average Bonchev–Trinajstić information content (AvgIpc) is 1.38. The lowest BCUT2D eigenvalue weighted by Gasteiger charge is -1.85. The summed E-state index contributed by atoms with van der Waals surface area (Å²) in [7, 11) is 0. The third kappa shape index (κ3) is 3.93. The largest absolute Gasteiger partial charge is 0.248 e. The minimum atomic E-state index is -0.727. The zero-order chi connectivity index (χ0) is 4.28. The van der Waals surface area contributed by atoms with E-state index in [9.17, 15) is 4.39 Å². The Kier molecular flexibility index (Phi) is 2.15. The topological polar surface area (TPSA) is 0 Å². The third-order valence-corrected chi connectivity index (χ3v) is 0.398. The molecule has 0 spiro atoms. The first kappa shape index (κ1) is 4.93. The van der Waals surface area contributed by atoms with Gasteiger partial charge in [-0.25, -0.2) is 4.39 Å².